The number of aryl methyl sites for hydroxylation is 1. The van der Waals surface area contributed by atoms with Crippen LogP contribution < -0.4 is 9.47 Å². The van der Waals surface area contributed by atoms with Gasteiger partial charge in [0.25, 0.3) is 10.0 Å². The molecule has 2 aromatic carbocycles. The number of sulfonamides is 1. The summed E-state index contributed by atoms with van der Waals surface area (Å²) < 4.78 is 41.0. The van der Waals surface area contributed by atoms with E-state index in [-0.39, 0.29) is 24.2 Å². The smallest absolute Gasteiger partial charge is 0.263 e. The standard InChI is InChI=1S/C24H32N4O4S/c1-18(26(2)3)23-15-24(25-27(23)4)33(29,30)28(16-19-7-11-21(31-5)12-8-19)17-20-9-13-22(32-6)14-10-20/h7-15,18H,16-17H2,1-6H3. The number of nitrogens with zero attached hydrogens (tertiary/aromatic N) is 4. The first-order valence-electron chi connectivity index (χ1n) is 10.6. The largest absolute Gasteiger partial charge is 0.497 e. The molecule has 8 nitrogen and oxygen atoms in total. The Morgan fingerprint density at radius 1 is 0.909 bits per heavy atom. The van der Waals surface area contributed by atoms with Crippen LogP contribution in [0.1, 0.15) is 29.8 Å². The second-order valence-corrected chi connectivity index (χ2v) is 10.0. The molecule has 33 heavy (non-hydrogen) atoms. The molecule has 1 unspecified atom stereocenters. The summed E-state index contributed by atoms with van der Waals surface area (Å²) in [7, 11) is 5.00. The summed E-state index contributed by atoms with van der Waals surface area (Å²) >= 11 is 0. The Morgan fingerprint density at radius 2 is 1.36 bits per heavy atom. The SMILES string of the molecule is COc1ccc(CN(Cc2ccc(OC)cc2)S(=O)(=O)c2cc(C(C)N(C)C)n(C)n2)cc1. The molecule has 0 amide bonds. The second-order valence-electron chi connectivity index (χ2n) is 8.14. The van der Waals surface area contributed by atoms with E-state index in [1.54, 1.807) is 32.0 Å². The third-order valence-corrected chi connectivity index (χ3v) is 7.40. The van der Waals surface area contributed by atoms with E-state index < -0.39 is 10.0 Å². The number of hydrogen-bond acceptors (Lipinski definition) is 6. The first-order chi connectivity index (χ1) is 15.6. The first-order valence-corrected chi connectivity index (χ1v) is 12.1. The molecule has 178 valence electrons. The summed E-state index contributed by atoms with van der Waals surface area (Å²) in [4.78, 5) is 2.01. The summed E-state index contributed by atoms with van der Waals surface area (Å²) in [5, 5.41) is 4.40. The average molecular weight is 473 g/mol. The number of ether oxygens (including phenoxy) is 2. The van der Waals surface area contributed by atoms with Crippen molar-refractivity contribution < 1.29 is 17.9 Å². The van der Waals surface area contributed by atoms with Crippen LogP contribution in [0.5, 0.6) is 11.5 Å². The molecule has 0 saturated heterocycles. The van der Waals surface area contributed by atoms with Crippen LogP contribution in [0.2, 0.25) is 0 Å². The van der Waals surface area contributed by atoms with Crippen molar-refractivity contribution in [2.45, 2.75) is 31.1 Å². The highest BCUT2D eigenvalue weighted by molar-refractivity contribution is 7.89. The molecular weight excluding hydrogens is 440 g/mol. The van der Waals surface area contributed by atoms with Crippen LogP contribution in [-0.2, 0) is 30.2 Å². The predicted molar refractivity (Wildman–Crippen MR) is 128 cm³/mol. The molecule has 0 aliphatic heterocycles. The number of methoxy groups -OCH3 is 2. The Morgan fingerprint density at radius 3 is 1.76 bits per heavy atom. The molecule has 0 radical (unpaired) electrons. The number of rotatable bonds is 10. The minimum Gasteiger partial charge on any atom is -0.497 e. The average Bonchev–Trinajstić information content (AvgIpc) is 3.21. The molecule has 0 saturated carbocycles. The van der Waals surface area contributed by atoms with E-state index in [2.05, 4.69) is 5.10 Å². The molecule has 0 bridgehead atoms. The zero-order valence-corrected chi connectivity index (χ0v) is 20.8. The van der Waals surface area contributed by atoms with Crippen molar-refractivity contribution in [1.82, 2.24) is 19.0 Å². The van der Waals surface area contributed by atoms with E-state index in [1.165, 1.54) is 4.31 Å². The maximum absolute atomic E-state index is 13.7. The number of benzene rings is 2. The Kier molecular flexibility index (Phi) is 7.78. The van der Waals surface area contributed by atoms with Crippen molar-refractivity contribution in [3.63, 3.8) is 0 Å². The maximum atomic E-state index is 13.7. The molecule has 3 aromatic rings. The number of hydrogen-bond donors (Lipinski definition) is 0. The zero-order chi connectivity index (χ0) is 24.2. The second kappa shape index (κ2) is 10.4. The third-order valence-electron chi connectivity index (χ3n) is 5.74. The van der Waals surface area contributed by atoms with Crippen LogP contribution in [0.25, 0.3) is 0 Å². The lowest BCUT2D eigenvalue weighted by molar-refractivity contribution is 0.307. The van der Waals surface area contributed by atoms with Gasteiger partial charge < -0.3 is 14.4 Å². The fraction of sp³-hybridized carbons (Fsp3) is 0.375. The van der Waals surface area contributed by atoms with Gasteiger partial charge in [-0.15, -0.1) is 0 Å². The van der Waals surface area contributed by atoms with Crippen molar-refractivity contribution in [1.29, 1.82) is 0 Å². The highest BCUT2D eigenvalue weighted by atomic mass is 32.2. The van der Waals surface area contributed by atoms with Gasteiger partial charge in [0.15, 0.2) is 5.03 Å². The quantitative estimate of drug-likeness (QED) is 0.450. The van der Waals surface area contributed by atoms with Gasteiger partial charge in [0, 0.05) is 32.2 Å². The fourth-order valence-electron chi connectivity index (χ4n) is 3.46. The highest BCUT2D eigenvalue weighted by Crippen LogP contribution is 2.25. The lowest BCUT2D eigenvalue weighted by Gasteiger charge is -2.22. The summed E-state index contributed by atoms with van der Waals surface area (Å²) in [6.07, 6.45) is 0. The normalized spacial score (nSPS) is 12.8. The monoisotopic (exact) mass is 472 g/mol. The van der Waals surface area contributed by atoms with Crippen molar-refractivity contribution >= 4 is 10.0 Å². The van der Waals surface area contributed by atoms with E-state index in [1.807, 2.05) is 74.4 Å². The van der Waals surface area contributed by atoms with Gasteiger partial charge in [0.2, 0.25) is 0 Å². The molecule has 0 spiro atoms. The first kappa shape index (κ1) is 24.8. The van der Waals surface area contributed by atoms with Crippen molar-refractivity contribution in [3.8, 4) is 11.5 Å². The van der Waals surface area contributed by atoms with Crippen molar-refractivity contribution in [2.24, 2.45) is 7.05 Å². The minimum absolute atomic E-state index is 0.0167. The van der Waals surface area contributed by atoms with Crippen LogP contribution in [0.15, 0.2) is 59.6 Å². The van der Waals surface area contributed by atoms with Crippen LogP contribution in [0, 0.1) is 0 Å². The van der Waals surface area contributed by atoms with Gasteiger partial charge in [-0.05, 0) is 56.4 Å². The molecule has 0 aliphatic carbocycles. The van der Waals surface area contributed by atoms with Gasteiger partial charge in [-0.25, -0.2) is 8.42 Å². The van der Waals surface area contributed by atoms with Crippen molar-refractivity contribution in [2.75, 3.05) is 28.3 Å². The van der Waals surface area contributed by atoms with Gasteiger partial charge in [0.1, 0.15) is 11.5 Å². The van der Waals surface area contributed by atoms with E-state index in [9.17, 15) is 8.42 Å². The molecule has 0 aliphatic rings. The molecular formula is C24H32N4O4S. The Bertz CT molecular complexity index is 1110. The lowest BCUT2D eigenvalue weighted by Crippen LogP contribution is -2.30. The molecule has 1 heterocycles. The van der Waals surface area contributed by atoms with Crippen molar-refractivity contribution in [3.05, 3.63) is 71.4 Å². The lowest BCUT2D eigenvalue weighted by atomic mass is 10.2. The summed E-state index contributed by atoms with van der Waals surface area (Å²) in [5.74, 6) is 1.44. The summed E-state index contributed by atoms with van der Waals surface area (Å²) in [6, 6.07) is 16.5. The molecule has 0 N–H and O–H groups in total. The number of aromatic nitrogens is 2. The molecule has 1 atom stereocenters. The third kappa shape index (κ3) is 5.73. The molecule has 0 fully saturated rings. The maximum Gasteiger partial charge on any atom is 0.263 e. The van der Waals surface area contributed by atoms with Gasteiger partial charge in [-0.1, -0.05) is 24.3 Å². The van der Waals surface area contributed by atoms with E-state index >= 15 is 0 Å². The van der Waals surface area contributed by atoms with E-state index in [0.717, 1.165) is 28.3 Å². The minimum atomic E-state index is -3.87. The van der Waals surface area contributed by atoms with Gasteiger partial charge >= 0.3 is 0 Å². The Hall–Kier alpha value is -2.88. The summed E-state index contributed by atoms with van der Waals surface area (Å²) in [5.41, 5.74) is 2.53. The topological polar surface area (TPSA) is 76.9 Å². The van der Waals surface area contributed by atoms with Gasteiger partial charge in [0.05, 0.1) is 19.9 Å². The molecule has 9 heteroatoms. The molecule has 3 rings (SSSR count). The van der Waals surface area contributed by atoms with Gasteiger partial charge in [-0.2, -0.15) is 9.40 Å². The van der Waals surface area contributed by atoms with Crippen LogP contribution in [-0.4, -0.2) is 55.7 Å². The fourth-order valence-corrected chi connectivity index (χ4v) is 4.86. The zero-order valence-electron chi connectivity index (χ0n) is 20.0. The van der Waals surface area contributed by atoms with Crippen LogP contribution >= 0.6 is 0 Å². The van der Waals surface area contributed by atoms with E-state index in [0.29, 0.717) is 0 Å². The van der Waals surface area contributed by atoms with Crippen LogP contribution in [0.3, 0.4) is 0 Å². The predicted octanol–water partition coefficient (Wildman–Crippen LogP) is 3.45. The van der Waals surface area contributed by atoms with Crippen LogP contribution in [0.4, 0.5) is 0 Å². The Balaban J connectivity index is 1.97. The summed E-state index contributed by atoms with van der Waals surface area (Å²) in [6.45, 7) is 2.42. The van der Waals surface area contributed by atoms with E-state index in [4.69, 9.17) is 9.47 Å². The molecule has 1 aromatic heterocycles. The van der Waals surface area contributed by atoms with Gasteiger partial charge in [-0.3, -0.25) is 4.68 Å². The highest BCUT2D eigenvalue weighted by Gasteiger charge is 2.29. The Labute approximate surface area is 196 Å².